The van der Waals surface area contributed by atoms with E-state index in [1.54, 1.807) is 32.3 Å². The molecule has 8 heteroatoms. The molecule has 1 heterocycles. The van der Waals surface area contributed by atoms with Gasteiger partial charge < -0.3 is 0 Å². The molecule has 0 spiro atoms. The van der Waals surface area contributed by atoms with Crippen LogP contribution >= 0.6 is 0 Å². The van der Waals surface area contributed by atoms with Crippen molar-refractivity contribution in [3.05, 3.63) is 58.5 Å². The predicted octanol–water partition coefficient (Wildman–Crippen LogP) is 1.55. The van der Waals surface area contributed by atoms with Crippen molar-refractivity contribution in [2.24, 2.45) is 14.1 Å². The molecule has 0 aliphatic rings. The van der Waals surface area contributed by atoms with Gasteiger partial charge in [0.05, 0.1) is 27.2 Å². The number of hydrogen-bond acceptors (Lipinski definition) is 4. The van der Waals surface area contributed by atoms with Crippen LogP contribution < -0.4 is 10.4 Å². The highest BCUT2D eigenvalue weighted by molar-refractivity contribution is 7.92. The van der Waals surface area contributed by atoms with Crippen molar-refractivity contribution in [3.8, 4) is 6.07 Å². The molecule has 1 aromatic heterocycles. The normalized spacial score (nSPS) is 11.4. The van der Waals surface area contributed by atoms with E-state index in [9.17, 15) is 13.2 Å². The number of imidazole rings is 1. The summed E-state index contributed by atoms with van der Waals surface area (Å²) in [6, 6.07) is 12.7. The zero-order chi connectivity index (χ0) is 17.5. The lowest BCUT2D eigenvalue weighted by molar-refractivity contribution is 0.601. The number of anilines is 1. The molecule has 0 fully saturated rings. The Kier molecular flexibility index (Phi) is 3.66. The van der Waals surface area contributed by atoms with Gasteiger partial charge in [0.2, 0.25) is 0 Å². The second kappa shape index (κ2) is 5.54. The topological polar surface area (TPSA) is 96.9 Å². The predicted molar refractivity (Wildman–Crippen MR) is 90.1 cm³/mol. The molecule has 0 aliphatic carbocycles. The summed E-state index contributed by atoms with van der Waals surface area (Å²) in [5.74, 6) is 0. The molecule has 0 amide bonds. The van der Waals surface area contributed by atoms with Crippen molar-refractivity contribution in [1.82, 2.24) is 9.13 Å². The first-order chi connectivity index (χ1) is 11.3. The number of hydrogen-bond donors (Lipinski definition) is 1. The molecular weight excluding hydrogens is 328 g/mol. The number of aryl methyl sites for hydroxylation is 2. The lowest BCUT2D eigenvalue weighted by atomic mass is 10.2. The monoisotopic (exact) mass is 342 g/mol. The summed E-state index contributed by atoms with van der Waals surface area (Å²) in [4.78, 5) is 12.0. The maximum Gasteiger partial charge on any atom is 0.328 e. The molecule has 0 saturated heterocycles. The second-order valence-corrected chi connectivity index (χ2v) is 7.00. The SMILES string of the molecule is Cn1c(=O)n(C)c2cc(S(=O)(=O)Nc3ccccc3C#N)ccc21. The van der Waals surface area contributed by atoms with Crippen molar-refractivity contribution in [2.75, 3.05) is 4.72 Å². The van der Waals surface area contributed by atoms with Crippen molar-refractivity contribution in [3.63, 3.8) is 0 Å². The highest BCUT2D eigenvalue weighted by Crippen LogP contribution is 2.22. The molecule has 0 atom stereocenters. The smallest absolute Gasteiger partial charge is 0.295 e. The van der Waals surface area contributed by atoms with Crippen LogP contribution in [0.5, 0.6) is 0 Å². The van der Waals surface area contributed by atoms with Gasteiger partial charge in [0.15, 0.2) is 0 Å². The first kappa shape index (κ1) is 15.8. The molecule has 3 rings (SSSR count). The van der Waals surface area contributed by atoms with E-state index in [0.29, 0.717) is 11.0 Å². The van der Waals surface area contributed by atoms with E-state index in [0.717, 1.165) is 0 Å². The van der Waals surface area contributed by atoms with Crippen LogP contribution in [0.1, 0.15) is 5.56 Å². The first-order valence-corrected chi connectivity index (χ1v) is 8.51. The fourth-order valence-electron chi connectivity index (χ4n) is 2.53. The van der Waals surface area contributed by atoms with E-state index in [-0.39, 0.29) is 21.8 Å². The lowest BCUT2D eigenvalue weighted by Gasteiger charge is -2.09. The molecule has 1 N–H and O–H groups in total. The zero-order valence-corrected chi connectivity index (χ0v) is 13.8. The summed E-state index contributed by atoms with van der Waals surface area (Å²) in [6.07, 6.45) is 0. The molecular formula is C16H14N4O3S. The number of fused-ring (bicyclic) bond motifs is 1. The van der Waals surface area contributed by atoms with E-state index < -0.39 is 10.0 Å². The fraction of sp³-hybridized carbons (Fsp3) is 0.125. The number of aromatic nitrogens is 2. The van der Waals surface area contributed by atoms with Gasteiger partial charge in [0.1, 0.15) is 6.07 Å². The van der Waals surface area contributed by atoms with Gasteiger partial charge in [0.25, 0.3) is 10.0 Å². The molecule has 0 bridgehead atoms. The van der Waals surface area contributed by atoms with Gasteiger partial charge >= 0.3 is 5.69 Å². The Labute approximate surface area is 138 Å². The fourth-order valence-corrected chi connectivity index (χ4v) is 3.63. The number of nitriles is 1. The minimum atomic E-state index is -3.88. The van der Waals surface area contributed by atoms with Crippen molar-refractivity contribution in [1.29, 1.82) is 5.26 Å². The van der Waals surface area contributed by atoms with Crippen LogP contribution in [-0.4, -0.2) is 17.6 Å². The summed E-state index contributed by atoms with van der Waals surface area (Å²) < 4.78 is 30.5. The van der Waals surface area contributed by atoms with E-state index in [1.165, 1.54) is 33.4 Å². The first-order valence-electron chi connectivity index (χ1n) is 7.02. The quantitative estimate of drug-likeness (QED) is 0.781. The van der Waals surface area contributed by atoms with E-state index in [1.807, 2.05) is 6.07 Å². The largest absolute Gasteiger partial charge is 0.328 e. The van der Waals surface area contributed by atoms with Gasteiger partial charge in [-0.05, 0) is 30.3 Å². The summed E-state index contributed by atoms with van der Waals surface area (Å²) in [5.41, 5.74) is 1.36. The average molecular weight is 342 g/mol. The van der Waals surface area contributed by atoms with Gasteiger partial charge in [-0.1, -0.05) is 12.1 Å². The van der Waals surface area contributed by atoms with Crippen molar-refractivity contribution in [2.45, 2.75) is 4.90 Å². The summed E-state index contributed by atoms with van der Waals surface area (Å²) in [5, 5.41) is 9.07. The van der Waals surface area contributed by atoms with Crippen LogP contribution in [0.3, 0.4) is 0 Å². The molecule has 24 heavy (non-hydrogen) atoms. The number of nitrogens with one attached hydrogen (secondary N) is 1. The maximum atomic E-state index is 12.6. The Balaban J connectivity index is 2.11. The maximum absolute atomic E-state index is 12.6. The highest BCUT2D eigenvalue weighted by atomic mass is 32.2. The number of para-hydroxylation sites is 1. The molecule has 0 aliphatic heterocycles. The third-order valence-electron chi connectivity index (χ3n) is 3.85. The van der Waals surface area contributed by atoms with Crippen molar-refractivity contribution < 1.29 is 8.42 Å². The van der Waals surface area contributed by atoms with Crippen LogP contribution in [0, 0.1) is 11.3 Å². The summed E-state index contributed by atoms with van der Waals surface area (Å²) in [6.45, 7) is 0. The standard InChI is InChI=1S/C16H14N4O3S/c1-19-14-8-7-12(9-15(14)20(2)16(19)21)24(22,23)18-13-6-4-3-5-11(13)10-17/h3-9,18H,1-2H3. The average Bonchev–Trinajstić information content (AvgIpc) is 2.79. The highest BCUT2D eigenvalue weighted by Gasteiger charge is 2.18. The second-order valence-electron chi connectivity index (χ2n) is 5.31. The van der Waals surface area contributed by atoms with Gasteiger partial charge in [-0.15, -0.1) is 0 Å². The molecule has 122 valence electrons. The summed E-state index contributed by atoms with van der Waals surface area (Å²) >= 11 is 0. The van der Waals surface area contributed by atoms with Crippen LogP contribution in [-0.2, 0) is 24.1 Å². The lowest BCUT2D eigenvalue weighted by Crippen LogP contribution is -2.19. The van der Waals surface area contributed by atoms with Crippen LogP contribution in [0.15, 0.2) is 52.2 Å². The Morgan fingerprint density at radius 1 is 1.04 bits per heavy atom. The van der Waals surface area contributed by atoms with Crippen LogP contribution in [0.25, 0.3) is 11.0 Å². The number of benzene rings is 2. The number of rotatable bonds is 3. The molecule has 3 aromatic rings. The minimum absolute atomic E-state index is 0.0175. The Hall–Kier alpha value is -3.05. The van der Waals surface area contributed by atoms with E-state index in [4.69, 9.17) is 5.26 Å². The third-order valence-corrected chi connectivity index (χ3v) is 5.21. The molecule has 0 unspecified atom stereocenters. The van der Waals surface area contributed by atoms with Gasteiger partial charge in [-0.3, -0.25) is 13.9 Å². The molecule has 7 nitrogen and oxygen atoms in total. The van der Waals surface area contributed by atoms with Gasteiger partial charge in [0, 0.05) is 14.1 Å². The molecule has 0 radical (unpaired) electrons. The number of sulfonamides is 1. The van der Waals surface area contributed by atoms with E-state index >= 15 is 0 Å². The van der Waals surface area contributed by atoms with Crippen molar-refractivity contribution >= 4 is 26.7 Å². The van der Waals surface area contributed by atoms with Gasteiger partial charge in [-0.25, -0.2) is 13.2 Å². The minimum Gasteiger partial charge on any atom is -0.295 e. The summed E-state index contributed by atoms with van der Waals surface area (Å²) in [7, 11) is -0.675. The van der Waals surface area contributed by atoms with Crippen LogP contribution in [0.2, 0.25) is 0 Å². The third kappa shape index (κ3) is 2.45. The Morgan fingerprint density at radius 2 is 1.71 bits per heavy atom. The zero-order valence-electron chi connectivity index (χ0n) is 13.0. The Bertz CT molecular complexity index is 1150. The van der Waals surface area contributed by atoms with E-state index in [2.05, 4.69) is 4.72 Å². The van der Waals surface area contributed by atoms with Gasteiger partial charge in [-0.2, -0.15) is 5.26 Å². The number of nitrogens with zero attached hydrogens (tertiary/aromatic N) is 3. The van der Waals surface area contributed by atoms with Crippen LogP contribution in [0.4, 0.5) is 5.69 Å². The molecule has 2 aromatic carbocycles. The molecule has 0 saturated carbocycles. The Morgan fingerprint density at radius 3 is 2.42 bits per heavy atom.